The highest BCUT2D eigenvalue weighted by Crippen LogP contribution is 2.14. The number of benzene rings is 1. The van der Waals surface area contributed by atoms with Crippen LogP contribution in [0.5, 0.6) is 0 Å². The highest BCUT2D eigenvalue weighted by atomic mass is 79.9. The Balaban J connectivity index is 1.92. The number of nitrogens with zero attached hydrogens (tertiary/aromatic N) is 2. The first-order chi connectivity index (χ1) is 8.85. The van der Waals surface area contributed by atoms with E-state index in [-0.39, 0.29) is 0 Å². The molecule has 96 valence electrons. The van der Waals surface area contributed by atoms with E-state index in [9.17, 15) is 0 Å². The van der Waals surface area contributed by atoms with Gasteiger partial charge in [-0.15, -0.1) is 0 Å². The molecule has 0 spiro atoms. The molecule has 0 saturated heterocycles. The third kappa shape index (κ3) is 3.22. The Kier molecular flexibility index (Phi) is 5.00. The van der Waals surface area contributed by atoms with E-state index in [0.29, 0.717) is 0 Å². The smallest absolute Gasteiger partial charge is 0.0533 e. The van der Waals surface area contributed by atoms with Crippen LogP contribution in [0.3, 0.4) is 0 Å². The normalized spacial score (nSPS) is 10.8. The molecule has 2 rings (SSSR count). The Morgan fingerprint density at radius 3 is 2.67 bits per heavy atom. The van der Waals surface area contributed by atoms with Crippen LogP contribution in [0.1, 0.15) is 30.2 Å². The summed E-state index contributed by atoms with van der Waals surface area (Å²) in [5.41, 5.74) is 4.08. The van der Waals surface area contributed by atoms with Gasteiger partial charge in [-0.1, -0.05) is 53.2 Å². The van der Waals surface area contributed by atoms with E-state index in [0.717, 1.165) is 31.1 Å². The largest absolute Gasteiger partial charge is 0.269 e. The standard InChI is InChI=1S/C15H19BrN2/c1-2-15-14(11-16)12-17-18(15)10-6-9-13-7-4-3-5-8-13/h3-5,7-8,12H,2,6,9-11H2,1H3. The molecule has 0 aliphatic carbocycles. The van der Waals surface area contributed by atoms with Crippen LogP contribution in [-0.4, -0.2) is 9.78 Å². The topological polar surface area (TPSA) is 17.8 Å². The van der Waals surface area contributed by atoms with Crippen LogP contribution < -0.4 is 0 Å². The monoisotopic (exact) mass is 306 g/mol. The molecule has 2 nitrogen and oxygen atoms in total. The van der Waals surface area contributed by atoms with Gasteiger partial charge in [-0.3, -0.25) is 4.68 Å². The molecule has 0 unspecified atom stereocenters. The van der Waals surface area contributed by atoms with Crippen molar-refractivity contribution in [3.05, 3.63) is 53.3 Å². The van der Waals surface area contributed by atoms with Crippen LogP contribution in [0.2, 0.25) is 0 Å². The number of alkyl halides is 1. The molecule has 1 aromatic heterocycles. The molecule has 2 aromatic rings. The van der Waals surface area contributed by atoms with Crippen molar-refractivity contribution in [3.63, 3.8) is 0 Å². The fourth-order valence-electron chi connectivity index (χ4n) is 2.24. The van der Waals surface area contributed by atoms with Crippen LogP contribution in [0.25, 0.3) is 0 Å². The zero-order chi connectivity index (χ0) is 12.8. The van der Waals surface area contributed by atoms with Gasteiger partial charge in [0.1, 0.15) is 0 Å². The van der Waals surface area contributed by atoms with Gasteiger partial charge < -0.3 is 0 Å². The maximum atomic E-state index is 4.48. The number of hydrogen-bond donors (Lipinski definition) is 0. The summed E-state index contributed by atoms with van der Waals surface area (Å²) >= 11 is 3.51. The van der Waals surface area contributed by atoms with Crippen molar-refractivity contribution in [2.24, 2.45) is 0 Å². The summed E-state index contributed by atoms with van der Waals surface area (Å²) < 4.78 is 2.15. The lowest BCUT2D eigenvalue weighted by Gasteiger charge is -2.07. The van der Waals surface area contributed by atoms with E-state index in [2.05, 4.69) is 63.0 Å². The van der Waals surface area contributed by atoms with Crippen LogP contribution in [0.4, 0.5) is 0 Å². The van der Waals surface area contributed by atoms with Crippen molar-refractivity contribution in [2.75, 3.05) is 0 Å². The van der Waals surface area contributed by atoms with Gasteiger partial charge in [0, 0.05) is 23.1 Å². The number of halogens is 1. The van der Waals surface area contributed by atoms with Gasteiger partial charge in [-0.25, -0.2) is 0 Å². The lowest BCUT2D eigenvalue weighted by molar-refractivity contribution is 0.556. The van der Waals surface area contributed by atoms with Gasteiger partial charge in [-0.2, -0.15) is 5.10 Å². The predicted molar refractivity (Wildman–Crippen MR) is 79.0 cm³/mol. The van der Waals surface area contributed by atoms with E-state index in [1.54, 1.807) is 0 Å². The zero-order valence-electron chi connectivity index (χ0n) is 10.8. The van der Waals surface area contributed by atoms with Gasteiger partial charge in [0.2, 0.25) is 0 Å². The Labute approximate surface area is 117 Å². The first-order valence-corrected chi connectivity index (χ1v) is 7.60. The molecule has 0 amide bonds. The van der Waals surface area contributed by atoms with E-state index >= 15 is 0 Å². The van der Waals surface area contributed by atoms with Crippen LogP contribution in [-0.2, 0) is 24.7 Å². The van der Waals surface area contributed by atoms with Gasteiger partial charge in [0.25, 0.3) is 0 Å². The van der Waals surface area contributed by atoms with Gasteiger partial charge in [-0.05, 0) is 24.8 Å². The summed E-state index contributed by atoms with van der Waals surface area (Å²) in [6.07, 6.45) is 5.29. The zero-order valence-corrected chi connectivity index (χ0v) is 12.4. The Bertz CT molecular complexity index is 476. The molecule has 0 aliphatic heterocycles. The summed E-state index contributed by atoms with van der Waals surface area (Å²) in [6, 6.07) is 10.6. The average Bonchev–Trinajstić information content (AvgIpc) is 2.82. The molecule has 1 heterocycles. The van der Waals surface area contributed by atoms with Crippen molar-refractivity contribution < 1.29 is 0 Å². The number of hydrogen-bond acceptors (Lipinski definition) is 1. The van der Waals surface area contributed by atoms with Crippen LogP contribution >= 0.6 is 15.9 Å². The molecule has 1 aromatic carbocycles. The highest BCUT2D eigenvalue weighted by Gasteiger charge is 2.07. The van der Waals surface area contributed by atoms with Crippen molar-refractivity contribution in [2.45, 2.75) is 38.1 Å². The molecule has 0 saturated carbocycles. The minimum Gasteiger partial charge on any atom is -0.269 e. The molecule has 0 atom stereocenters. The quantitative estimate of drug-likeness (QED) is 0.738. The maximum Gasteiger partial charge on any atom is 0.0533 e. The van der Waals surface area contributed by atoms with Crippen LogP contribution in [0.15, 0.2) is 36.5 Å². The fraction of sp³-hybridized carbons (Fsp3) is 0.400. The summed E-state index contributed by atoms with van der Waals surface area (Å²) in [4.78, 5) is 0. The lowest BCUT2D eigenvalue weighted by Crippen LogP contribution is -2.06. The van der Waals surface area contributed by atoms with E-state index in [4.69, 9.17) is 0 Å². The molecule has 0 N–H and O–H groups in total. The number of rotatable bonds is 6. The second kappa shape index (κ2) is 6.74. The minimum absolute atomic E-state index is 0.898. The molecule has 0 bridgehead atoms. The molecule has 0 radical (unpaired) electrons. The van der Waals surface area contributed by atoms with Crippen molar-refractivity contribution in [1.82, 2.24) is 9.78 Å². The fourth-order valence-corrected chi connectivity index (χ4v) is 2.71. The molecule has 3 heteroatoms. The first kappa shape index (κ1) is 13.3. The van der Waals surface area contributed by atoms with E-state index in [1.165, 1.54) is 16.8 Å². The Hall–Kier alpha value is -1.09. The highest BCUT2D eigenvalue weighted by molar-refractivity contribution is 9.08. The average molecular weight is 307 g/mol. The summed E-state index contributed by atoms with van der Waals surface area (Å²) in [6.45, 7) is 3.20. The summed E-state index contributed by atoms with van der Waals surface area (Å²) in [5.74, 6) is 0. The summed E-state index contributed by atoms with van der Waals surface area (Å²) in [7, 11) is 0. The molecule has 0 aliphatic rings. The SMILES string of the molecule is CCc1c(CBr)cnn1CCCc1ccccc1. The molecule has 0 fully saturated rings. The second-order valence-corrected chi connectivity index (χ2v) is 4.98. The third-order valence-corrected chi connectivity index (χ3v) is 3.80. The summed E-state index contributed by atoms with van der Waals surface area (Å²) in [5, 5.41) is 5.37. The van der Waals surface area contributed by atoms with Crippen molar-refractivity contribution >= 4 is 15.9 Å². The molecular formula is C15H19BrN2. The van der Waals surface area contributed by atoms with Crippen molar-refractivity contribution in [3.8, 4) is 0 Å². The molecule has 18 heavy (non-hydrogen) atoms. The van der Waals surface area contributed by atoms with Crippen molar-refractivity contribution in [1.29, 1.82) is 0 Å². The predicted octanol–water partition coefficient (Wildman–Crippen LogP) is 3.97. The van der Waals surface area contributed by atoms with Gasteiger partial charge in [0.05, 0.1) is 6.20 Å². The Morgan fingerprint density at radius 2 is 2.00 bits per heavy atom. The second-order valence-electron chi connectivity index (χ2n) is 4.42. The first-order valence-electron chi connectivity index (χ1n) is 6.48. The van der Waals surface area contributed by atoms with E-state index < -0.39 is 0 Å². The molecular weight excluding hydrogens is 288 g/mol. The maximum absolute atomic E-state index is 4.48. The van der Waals surface area contributed by atoms with Gasteiger partial charge in [0.15, 0.2) is 0 Å². The Morgan fingerprint density at radius 1 is 1.22 bits per heavy atom. The van der Waals surface area contributed by atoms with Gasteiger partial charge >= 0.3 is 0 Å². The van der Waals surface area contributed by atoms with E-state index in [1.807, 2.05) is 6.20 Å². The lowest BCUT2D eigenvalue weighted by atomic mass is 10.1. The minimum atomic E-state index is 0.898. The number of aryl methyl sites for hydroxylation is 2. The number of aromatic nitrogens is 2. The van der Waals surface area contributed by atoms with Crippen LogP contribution in [0, 0.1) is 0 Å². The third-order valence-electron chi connectivity index (χ3n) is 3.19.